The number of likely N-dealkylation sites (tertiary alicyclic amines) is 1. The summed E-state index contributed by atoms with van der Waals surface area (Å²) in [7, 11) is 0. The molecule has 3 rings (SSSR count). The Morgan fingerprint density at radius 1 is 1.29 bits per heavy atom. The van der Waals surface area contributed by atoms with E-state index in [0.717, 1.165) is 25.9 Å². The van der Waals surface area contributed by atoms with Gasteiger partial charge in [0.25, 0.3) is 5.91 Å². The van der Waals surface area contributed by atoms with Crippen molar-refractivity contribution in [1.82, 2.24) is 19.7 Å². The fraction of sp³-hybridized carbons (Fsp3) is 0.400. The van der Waals surface area contributed by atoms with Gasteiger partial charge in [-0.3, -0.25) is 4.79 Å². The minimum atomic E-state index is -0.0144. The summed E-state index contributed by atoms with van der Waals surface area (Å²) in [5, 5.41) is 4.14. The van der Waals surface area contributed by atoms with Crippen molar-refractivity contribution in [3.05, 3.63) is 42.4 Å². The molecule has 2 N–H and O–H groups in total. The van der Waals surface area contributed by atoms with Crippen LogP contribution < -0.4 is 5.73 Å². The summed E-state index contributed by atoms with van der Waals surface area (Å²) in [5.41, 5.74) is 6.15. The molecular weight excluding hydrogens is 266 g/mol. The highest BCUT2D eigenvalue weighted by Gasteiger charge is 2.23. The van der Waals surface area contributed by atoms with Gasteiger partial charge in [0.15, 0.2) is 5.82 Å². The Kier molecular flexibility index (Phi) is 3.96. The number of carbonyl (C=O) groups excluding carboxylic acids is 1. The molecule has 3 heterocycles. The number of rotatable bonds is 3. The molecule has 0 bridgehead atoms. The lowest BCUT2D eigenvalue weighted by molar-refractivity contribution is 0.0687. The zero-order chi connectivity index (χ0) is 14.7. The topological polar surface area (TPSA) is 77.0 Å². The Morgan fingerprint density at radius 3 is 2.76 bits per heavy atom. The predicted octanol–water partition coefficient (Wildman–Crippen LogP) is 1.08. The quantitative estimate of drug-likeness (QED) is 0.915. The second-order valence-corrected chi connectivity index (χ2v) is 5.30. The van der Waals surface area contributed by atoms with Crippen molar-refractivity contribution in [2.24, 2.45) is 11.7 Å². The first-order chi connectivity index (χ1) is 10.3. The predicted molar refractivity (Wildman–Crippen MR) is 79.0 cm³/mol. The van der Waals surface area contributed by atoms with Crippen molar-refractivity contribution in [3.8, 4) is 5.82 Å². The number of nitrogens with zero attached hydrogens (tertiary/aromatic N) is 4. The molecule has 0 unspecified atom stereocenters. The van der Waals surface area contributed by atoms with Crippen LogP contribution in [0.1, 0.15) is 23.3 Å². The Balaban J connectivity index is 1.75. The smallest absolute Gasteiger partial charge is 0.272 e. The number of piperidine rings is 1. The third kappa shape index (κ3) is 2.95. The Labute approximate surface area is 123 Å². The van der Waals surface area contributed by atoms with E-state index >= 15 is 0 Å². The fourth-order valence-electron chi connectivity index (χ4n) is 2.61. The van der Waals surface area contributed by atoms with Crippen molar-refractivity contribution in [3.63, 3.8) is 0 Å². The highest BCUT2D eigenvalue weighted by atomic mass is 16.2. The first-order valence-electron chi connectivity index (χ1n) is 7.24. The molecule has 0 atom stereocenters. The van der Waals surface area contributed by atoms with Gasteiger partial charge in [-0.1, -0.05) is 6.07 Å². The van der Waals surface area contributed by atoms with E-state index in [-0.39, 0.29) is 5.91 Å². The molecule has 110 valence electrons. The maximum absolute atomic E-state index is 12.5. The Bertz CT molecular complexity index is 602. The van der Waals surface area contributed by atoms with Crippen LogP contribution in [-0.2, 0) is 0 Å². The van der Waals surface area contributed by atoms with Gasteiger partial charge in [-0.15, -0.1) is 0 Å². The number of pyridine rings is 1. The van der Waals surface area contributed by atoms with Crippen LogP contribution in [0.25, 0.3) is 5.82 Å². The highest BCUT2D eigenvalue weighted by Crippen LogP contribution is 2.17. The first kappa shape index (κ1) is 13.8. The molecule has 6 heteroatoms. The van der Waals surface area contributed by atoms with Gasteiger partial charge in [-0.2, -0.15) is 5.10 Å². The summed E-state index contributed by atoms with van der Waals surface area (Å²) in [4.78, 5) is 18.8. The van der Waals surface area contributed by atoms with Crippen LogP contribution in [0, 0.1) is 5.92 Å². The summed E-state index contributed by atoms with van der Waals surface area (Å²) in [6, 6.07) is 7.26. The number of hydrogen-bond acceptors (Lipinski definition) is 4. The van der Waals surface area contributed by atoms with Gasteiger partial charge in [-0.25, -0.2) is 9.67 Å². The first-order valence-corrected chi connectivity index (χ1v) is 7.24. The molecule has 1 amide bonds. The maximum Gasteiger partial charge on any atom is 0.272 e. The molecular formula is C15H19N5O. The van der Waals surface area contributed by atoms with Crippen LogP contribution in [0.3, 0.4) is 0 Å². The van der Waals surface area contributed by atoms with Gasteiger partial charge in [0.2, 0.25) is 0 Å². The SMILES string of the molecule is NCC1CCN(C(=O)c2cccc(-n3cccn3)n2)CC1. The molecule has 2 aromatic rings. The number of carbonyl (C=O) groups is 1. The summed E-state index contributed by atoms with van der Waals surface area (Å²) in [6.45, 7) is 2.22. The molecule has 2 aromatic heterocycles. The highest BCUT2D eigenvalue weighted by molar-refractivity contribution is 5.92. The van der Waals surface area contributed by atoms with Crippen LogP contribution >= 0.6 is 0 Å². The van der Waals surface area contributed by atoms with E-state index < -0.39 is 0 Å². The molecule has 21 heavy (non-hydrogen) atoms. The molecule has 0 radical (unpaired) electrons. The standard InChI is InChI=1S/C15H19N5O/c16-11-12-5-9-19(10-6-12)15(21)13-3-1-4-14(18-13)20-8-2-7-17-20/h1-4,7-8,12H,5-6,9-11,16H2. The second kappa shape index (κ2) is 6.05. The van der Waals surface area contributed by atoms with Crippen molar-refractivity contribution < 1.29 is 4.79 Å². The lowest BCUT2D eigenvalue weighted by Gasteiger charge is -2.31. The summed E-state index contributed by atoms with van der Waals surface area (Å²) < 4.78 is 1.65. The van der Waals surface area contributed by atoms with E-state index in [1.807, 2.05) is 29.3 Å². The van der Waals surface area contributed by atoms with Crippen molar-refractivity contribution in [1.29, 1.82) is 0 Å². The monoisotopic (exact) mass is 285 g/mol. The van der Waals surface area contributed by atoms with Crippen LogP contribution in [0.15, 0.2) is 36.7 Å². The molecule has 0 aromatic carbocycles. The van der Waals surface area contributed by atoms with Crippen molar-refractivity contribution in [2.75, 3.05) is 19.6 Å². The van der Waals surface area contributed by atoms with Gasteiger partial charge >= 0.3 is 0 Å². The normalized spacial score (nSPS) is 16.1. The zero-order valence-corrected chi connectivity index (χ0v) is 11.9. The number of aromatic nitrogens is 3. The molecule has 1 aliphatic rings. The summed E-state index contributed by atoms with van der Waals surface area (Å²) in [6.07, 6.45) is 5.44. The van der Waals surface area contributed by atoms with Crippen molar-refractivity contribution in [2.45, 2.75) is 12.8 Å². The van der Waals surface area contributed by atoms with E-state index in [4.69, 9.17) is 5.73 Å². The van der Waals surface area contributed by atoms with Crippen molar-refractivity contribution >= 4 is 5.91 Å². The molecule has 1 fully saturated rings. The van der Waals surface area contributed by atoms with Crippen LogP contribution in [-0.4, -0.2) is 45.2 Å². The molecule has 1 saturated heterocycles. The zero-order valence-electron chi connectivity index (χ0n) is 11.9. The average Bonchev–Trinajstić information content (AvgIpc) is 3.09. The van der Waals surface area contributed by atoms with Gasteiger partial charge in [0, 0.05) is 25.5 Å². The van der Waals surface area contributed by atoms with E-state index in [0.29, 0.717) is 24.0 Å². The third-order valence-corrected chi connectivity index (χ3v) is 3.93. The fourth-order valence-corrected chi connectivity index (χ4v) is 2.61. The maximum atomic E-state index is 12.5. The minimum Gasteiger partial charge on any atom is -0.337 e. The van der Waals surface area contributed by atoms with Crippen LogP contribution in [0.4, 0.5) is 0 Å². The van der Waals surface area contributed by atoms with E-state index in [2.05, 4.69) is 10.1 Å². The lowest BCUT2D eigenvalue weighted by Crippen LogP contribution is -2.40. The van der Waals surface area contributed by atoms with Gasteiger partial charge in [-0.05, 0) is 43.5 Å². The van der Waals surface area contributed by atoms with E-state index in [9.17, 15) is 4.79 Å². The third-order valence-electron chi connectivity index (χ3n) is 3.93. The largest absolute Gasteiger partial charge is 0.337 e. The summed E-state index contributed by atoms with van der Waals surface area (Å²) in [5.74, 6) is 1.18. The van der Waals surface area contributed by atoms with E-state index in [1.54, 1.807) is 16.9 Å². The number of hydrogen-bond donors (Lipinski definition) is 1. The van der Waals surface area contributed by atoms with Crippen LogP contribution in [0.2, 0.25) is 0 Å². The molecule has 6 nitrogen and oxygen atoms in total. The molecule has 1 aliphatic heterocycles. The van der Waals surface area contributed by atoms with Gasteiger partial charge in [0.05, 0.1) is 0 Å². The molecule has 0 spiro atoms. The minimum absolute atomic E-state index is 0.0144. The van der Waals surface area contributed by atoms with Gasteiger partial charge < -0.3 is 10.6 Å². The molecule has 0 aliphatic carbocycles. The van der Waals surface area contributed by atoms with E-state index in [1.165, 1.54) is 0 Å². The Morgan fingerprint density at radius 2 is 2.10 bits per heavy atom. The van der Waals surface area contributed by atoms with Gasteiger partial charge in [0.1, 0.15) is 5.69 Å². The summed E-state index contributed by atoms with van der Waals surface area (Å²) >= 11 is 0. The number of amides is 1. The Hall–Kier alpha value is -2.21. The average molecular weight is 285 g/mol. The molecule has 0 saturated carbocycles. The van der Waals surface area contributed by atoms with Crippen LogP contribution in [0.5, 0.6) is 0 Å². The lowest BCUT2D eigenvalue weighted by atomic mass is 9.97. The number of nitrogens with two attached hydrogens (primary N) is 1. The second-order valence-electron chi connectivity index (χ2n) is 5.30.